The van der Waals surface area contributed by atoms with E-state index in [2.05, 4.69) is 9.84 Å². The summed E-state index contributed by atoms with van der Waals surface area (Å²) >= 11 is 0. The molecular weight excluding hydrogens is 234 g/mol. The van der Waals surface area contributed by atoms with Crippen LogP contribution in [0.15, 0.2) is 0 Å². The first-order valence-corrected chi connectivity index (χ1v) is 4.51. The summed E-state index contributed by atoms with van der Waals surface area (Å²) in [7, 11) is 1.23. The minimum atomic E-state index is -1.58. The third-order valence-electron chi connectivity index (χ3n) is 1.88. The molecule has 0 radical (unpaired) electrons. The lowest BCUT2D eigenvalue weighted by molar-refractivity contribution is -0.385. The molecule has 1 aromatic heterocycles. The van der Waals surface area contributed by atoms with Crippen LogP contribution in [0.3, 0.4) is 0 Å². The second-order valence-electron chi connectivity index (χ2n) is 2.95. The smallest absolute Gasteiger partial charge is 0.363 e. The van der Waals surface area contributed by atoms with E-state index in [4.69, 9.17) is 5.11 Å². The molecule has 0 atom stereocenters. The number of ether oxygens (including phenoxy) is 1. The number of hydrogen-bond donors (Lipinski definition) is 1. The lowest BCUT2D eigenvalue weighted by Gasteiger charge is -2.00. The normalized spacial score (nSPS) is 10.0. The van der Waals surface area contributed by atoms with Gasteiger partial charge in [0, 0.05) is 7.05 Å². The van der Waals surface area contributed by atoms with Crippen LogP contribution >= 0.6 is 0 Å². The van der Waals surface area contributed by atoms with Gasteiger partial charge in [-0.05, 0) is 6.92 Å². The van der Waals surface area contributed by atoms with Crippen LogP contribution in [-0.2, 0) is 11.8 Å². The van der Waals surface area contributed by atoms with Gasteiger partial charge in [-0.15, -0.1) is 0 Å². The first kappa shape index (κ1) is 12.6. The highest BCUT2D eigenvalue weighted by molar-refractivity contribution is 5.99. The van der Waals surface area contributed by atoms with E-state index in [1.54, 1.807) is 0 Å². The molecule has 9 nitrogen and oxygen atoms in total. The van der Waals surface area contributed by atoms with Crippen molar-refractivity contribution in [3.8, 4) is 0 Å². The fraction of sp³-hybridized carbons (Fsp3) is 0.375. The lowest BCUT2D eigenvalue weighted by Crippen LogP contribution is -2.12. The Hall–Kier alpha value is -2.45. The van der Waals surface area contributed by atoms with Crippen LogP contribution in [0.4, 0.5) is 5.69 Å². The number of hydrogen-bond acceptors (Lipinski definition) is 6. The maximum atomic E-state index is 11.4. The summed E-state index contributed by atoms with van der Waals surface area (Å²) in [6.45, 7) is 1.54. The Kier molecular flexibility index (Phi) is 3.41. The molecule has 0 unspecified atom stereocenters. The van der Waals surface area contributed by atoms with E-state index in [-0.39, 0.29) is 6.61 Å². The molecule has 0 aliphatic heterocycles. The van der Waals surface area contributed by atoms with Crippen molar-refractivity contribution in [2.45, 2.75) is 6.92 Å². The molecule has 1 rings (SSSR count). The molecule has 9 heteroatoms. The van der Waals surface area contributed by atoms with Gasteiger partial charge in [-0.3, -0.25) is 14.8 Å². The van der Waals surface area contributed by atoms with Crippen molar-refractivity contribution in [1.82, 2.24) is 9.78 Å². The monoisotopic (exact) mass is 243 g/mol. The SMILES string of the molecule is CCOC(=O)c1c([N+](=O)[O-])c(C(=O)O)nn1C. The quantitative estimate of drug-likeness (QED) is 0.455. The Balaban J connectivity index is 3.43. The zero-order chi connectivity index (χ0) is 13.2. The summed E-state index contributed by atoms with van der Waals surface area (Å²) in [5, 5.41) is 22.9. The molecule has 0 amide bonds. The number of carbonyl (C=O) groups excluding carboxylic acids is 1. The maximum absolute atomic E-state index is 11.4. The van der Waals surface area contributed by atoms with Gasteiger partial charge in [0.15, 0.2) is 0 Å². The molecule has 92 valence electrons. The number of carboxylic acids is 1. The Morgan fingerprint density at radius 2 is 2.18 bits per heavy atom. The number of aromatic nitrogens is 2. The fourth-order valence-electron chi connectivity index (χ4n) is 1.26. The molecule has 1 heterocycles. The first-order valence-electron chi connectivity index (χ1n) is 4.51. The topological polar surface area (TPSA) is 125 Å². The summed E-state index contributed by atoms with van der Waals surface area (Å²) in [4.78, 5) is 32.0. The van der Waals surface area contributed by atoms with Crippen molar-refractivity contribution in [3.63, 3.8) is 0 Å². The molecule has 1 N–H and O–H groups in total. The van der Waals surface area contributed by atoms with Gasteiger partial charge in [0.1, 0.15) is 0 Å². The maximum Gasteiger partial charge on any atom is 0.363 e. The molecule has 17 heavy (non-hydrogen) atoms. The van der Waals surface area contributed by atoms with E-state index in [1.807, 2.05) is 0 Å². The van der Waals surface area contributed by atoms with Gasteiger partial charge in [-0.2, -0.15) is 5.10 Å². The van der Waals surface area contributed by atoms with Crippen LogP contribution in [0.1, 0.15) is 27.9 Å². The van der Waals surface area contributed by atoms with Crippen LogP contribution in [0.25, 0.3) is 0 Å². The Labute approximate surface area is 94.7 Å². The van der Waals surface area contributed by atoms with Crippen molar-refractivity contribution in [2.75, 3.05) is 6.61 Å². The zero-order valence-corrected chi connectivity index (χ0v) is 9.04. The second-order valence-corrected chi connectivity index (χ2v) is 2.95. The Bertz CT molecular complexity index is 492. The summed E-state index contributed by atoms with van der Waals surface area (Å²) in [6, 6.07) is 0. The van der Waals surface area contributed by atoms with Gasteiger partial charge in [0.25, 0.3) is 0 Å². The van der Waals surface area contributed by atoms with Crippen molar-refractivity contribution < 1.29 is 24.4 Å². The predicted octanol–water partition coefficient (Wildman–Crippen LogP) is 0.203. The van der Waals surface area contributed by atoms with Gasteiger partial charge in [0.05, 0.1) is 11.5 Å². The van der Waals surface area contributed by atoms with E-state index in [0.717, 1.165) is 4.68 Å². The van der Waals surface area contributed by atoms with Crippen molar-refractivity contribution in [1.29, 1.82) is 0 Å². The minimum absolute atomic E-state index is 0.0174. The third-order valence-corrected chi connectivity index (χ3v) is 1.88. The van der Waals surface area contributed by atoms with E-state index in [1.165, 1.54) is 14.0 Å². The van der Waals surface area contributed by atoms with Crippen LogP contribution < -0.4 is 0 Å². The minimum Gasteiger partial charge on any atom is -0.476 e. The molecule has 0 fully saturated rings. The number of carbonyl (C=O) groups is 2. The van der Waals surface area contributed by atoms with Gasteiger partial charge < -0.3 is 9.84 Å². The van der Waals surface area contributed by atoms with E-state index >= 15 is 0 Å². The zero-order valence-electron chi connectivity index (χ0n) is 9.04. The number of aryl methyl sites for hydroxylation is 1. The molecule has 0 spiro atoms. The van der Waals surface area contributed by atoms with E-state index < -0.39 is 33.9 Å². The van der Waals surface area contributed by atoms with Gasteiger partial charge in [0.2, 0.25) is 11.4 Å². The Morgan fingerprint density at radius 3 is 2.59 bits per heavy atom. The number of aromatic carboxylic acids is 1. The lowest BCUT2D eigenvalue weighted by atomic mass is 10.3. The Morgan fingerprint density at radius 1 is 1.59 bits per heavy atom. The molecule has 1 aromatic rings. The van der Waals surface area contributed by atoms with Crippen molar-refractivity contribution in [3.05, 3.63) is 21.5 Å². The van der Waals surface area contributed by atoms with Gasteiger partial charge in [-0.1, -0.05) is 0 Å². The largest absolute Gasteiger partial charge is 0.476 e. The predicted molar refractivity (Wildman–Crippen MR) is 52.8 cm³/mol. The third kappa shape index (κ3) is 2.22. The van der Waals surface area contributed by atoms with Crippen LogP contribution in [0.2, 0.25) is 0 Å². The molecular formula is C8H9N3O6. The molecule has 0 aliphatic rings. The molecule has 0 saturated heterocycles. The molecule has 0 saturated carbocycles. The number of nitro groups is 1. The van der Waals surface area contributed by atoms with Crippen LogP contribution in [-0.4, -0.2) is 38.4 Å². The number of carboxylic acid groups (broad SMARTS) is 1. The molecule has 0 aromatic carbocycles. The highest BCUT2D eigenvalue weighted by Gasteiger charge is 2.35. The summed E-state index contributed by atoms with van der Waals surface area (Å²) in [6.07, 6.45) is 0. The first-order chi connectivity index (χ1) is 7.90. The van der Waals surface area contributed by atoms with Crippen LogP contribution in [0.5, 0.6) is 0 Å². The van der Waals surface area contributed by atoms with Crippen LogP contribution in [0, 0.1) is 10.1 Å². The highest BCUT2D eigenvalue weighted by atomic mass is 16.6. The van der Waals surface area contributed by atoms with Gasteiger partial charge >= 0.3 is 17.6 Å². The summed E-state index contributed by atoms with van der Waals surface area (Å²) in [5.41, 5.74) is -2.15. The van der Waals surface area contributed by atoms with Crippen molar-refractivity contribution >= 4 is 17.6 Å². The second kappa shape index (κ2) is 4.60. The average Bonchev–Trinajstić information content (AvgIpc) is 2.56. The number of esters is 1. The standard InChI is InChI=1S/C8H9N3O6/c1-3-17-8(14)6-5(11(15)16)4(7(12)13)9-10(6)2/h3H2,1-2H3,(H,12,13). The summed E-state index contributed by atoms with van der Waals surface area (Å²) in [5.74, 6) is -2.57. The number of rotatable bonds is 4. The fourth-order valence-corrected chi connectivity index (χ4v) is 1.26. The molecule has 0 aliphatic carbocycles. The molecule has 0 bridgehead atoms. The van der Waals surface area contributed by atoms with E-state index in [9.17, 15) is 19.7 Å². The van der Waals surface area contributed by atoms with Gasteiger partial charge in [-0.25, -0.2) is 9.59 Å². The van der Waals surface area contributed by atoms with E-state index in [0.29, 0.717) is 0 Å². The summed E-state index contributed by atoms with van der Waals surface area (Å²) < 4.78 is 5.41. The number of nitrogens with zero attached hydrogens (tertiary/aromatic N) is 3. The van der Waals surface area contributed by atoms with Crippen molar-refractivity contribution in [2.24, 2.45) is 7.05 Å². The average molecular weight is 243 g/mol. The highest BCUT2D eigenvalue weighted by Crippen LogP contribution is 2.23.